The van der Waals surface area contributed by atoms with Crippen molar-refractivity contribution in [2.24, 2.45) is 17.6 Å². The molecule has 1 rings (SSSR count). The second-order valence-electron chi connectivity index (χ2n) is 5.20. The van der Waals surface area contributed by atoms with Crippen LogP contribution < -0.4 is 5.73 Å². The van der Waals surface area contributed by atoms with E-state index >= 15 is 0 Å². The van der Waals surface area contributed by atoms with Crippen LogP contribution in [0.1, 0.15) is 25.7 Å². The van der Waals surface area contributed by atoms with Crippen molar-refractivity contribution in [1.29, 1.82) is 0 Å². The van der Waals surface area contributed by atoms with Gasteiger partial charge in [-0.3, -0.25) is 4.79 Å². The van der Waals surface area contributed by atoms with Crippen molar-refractivity contribution < 1.29 is 22.7 Å². The summed E-state index contributed by atoms with van der Waals surface area (Å²) in [5.74, 6) is -1.65. The highest BCUT2D eigenvalue weighted by atomic mass is 19.4. The van der Waals surface area contributed by atoms with E-state index in [1.165, 1.54) is 0 Å². The van der Waals surface area contributed by atoms with E-state index in [4.69, 9.17) is 10.5 Å². The Hall–Kier alpha value is -0.820. The van der Waals surface area contributed by atoms with Crippen LogP contribution in [0.25, 0.3) is 0 Å². The zero-order valence-electron chi connectivity index (χ0n) is 11.8. The van der Waals surface area contributed by atoms with Crippen LogP contribution >= 0.6 is 0 Å². The van der Waals surface area contributed by atoms with E-state index < -0.39 is 12.1 Å². The van der Waals surface area contributed by atoms with Gasteiger partial charge in [0, 0.05) is 32.7 Å². The van der Waals surface area contributed by atoms with Gasteiger partial charge < -0.3 is 15.4 Å². The first-order valence-corrected chi connectivity index (χ1v) is 6.94. The van der Waals surface area contributed by atoms with Crippen LogP contribution in [-0.4, -0.2) is 50.3 Å². The number of rotatable bonds is 6. The summed E-state index contributed by atoms with van der Waals surface area (Å²) in [7, 11) is 1.54. The number of nitrogens with zero attached hydrogens (tertiary/aromatic N) is 1. The highest BCUT2D eigenvalue weighted by molar-refractivity contribution is 5.79. The normalized spacial score (nSPS) is 23.6. The summed E-state index contributed by atoms with van der Waals surface area (Å²) in [6.07, 6.45) is -3.45. The Bertz CT molecular complexity index is 302. The summed E-state index contributed by atoms with van der Waals surface area (Å²) in [5.41, 5.74) is 5.46. The Morgan fingerprint density at radius 1 is 1.25 bits per heavy atom. The van der Waals surface area contributed by atoms with E-state index in [0.29, 0.717) is 39.1 Å². The lowest BCUT2D eigenvalue weighted by molar-refractivity contribution is -0.185. The smallest absolute Gasteiger partial charge is 0.383 e. The molecule has 2 N–H and O–H groups in total. The highest BCUT2D eigenvalue weighted by Gasteiger charge is 2.42. The molecule has 0 spiro atoms. The van der Waals surface area contributed by atoms with Crippen molar-refractivity contribution in [2.75, 3.05) is 33.4 Å². The number of methoxy groups -OCH3 is 1. The van der Waals surface area contributed by atoms with Crippen LogP contribution in [0.5, 0.6) is 0 Å². The summed E-state index contributed by atoms with van der Waals surface area (Å²) < 4.78 is 42.7. The molecule has 1 saturated carbocycles. The molecule has 1 aliphatic rings. The first kappa shape index (κ1) is 17.2. The summed E-state index contributed by atoms with van der Waals surface area (Å²) in [4.78, 5) is 13.9. The fourth-order valence-electron chi connectivity index (χ4n) is 2.62. The van der Waals surface area contributed by atoms with Gasteiger partial charge in [0.15, 0.2) is 0 Å². The first-order valence-electron chi connectivity index (χ1n) is 6.94. The third kappa shape index (κ3) is 4.94. The topological polar surface area (TPSA) is 55.6 Å². The third-order valence-corrected chi connectivity index (χ3v) is 3.82. The molecule has 0 aromatic heterocycles. The van der Waals surface area contributed by atoms with Crippen LogP contribution in [0.3, 0.4) is 0 Å². The number of ether oxygens (including phenoxy) is 1. The predicted octanol–water partition coefficient (Wildman–Crippen LogP) is 1.79. The molecular formula is C13H23F3N2O2. The Morgan fingerprint density at radius 3 is 2.30 bits per heavy atom. The van der Waals surface area contributed by atoms with Gasteiger partial charge in [0.25, 0.3) is 0 Å². The molecule has 0 atom stereocenters. The molecule has 1 aliphatic carbocycles. The third-order valence-electron chi connectivity index (χ3n) is 3.82. The average Bonchev–Trinajstić information content (AvgIpc) is 2.42. The number of carbonyl (C=O) groups excluding carboxylic acids is 1. The van der Waals surface area contributed by atoms with E-state index in [0.717, 1.165) is 0 Å². The number of halogens is 3. The molecule has 0 bridgehead atoms. The van der Waals surface area contributed by atoms with Crippen LogP contribution in [0.4, 0.5) is 13.2 Å². The molecule has 0 heterocycles. The van der Waals surface area contributed by atoms with Gasteiger partial charge in [-0.05, 0) is 25.7 Å². The fraction of sp³-hybridized carbons (Fsp3) is 0.923. The Labute approximate surface area is 117 Å². The van der Waals surface area contributed by atoms with Gasteiger partial charge in [0.2, 0.25) is 5.91 Å². The fourth-order valence-corrected chi connectivity index (χ4v) is 2.62. The molecule has 7 heteroatoms. The van der Waals surface area contributed by atoms with Crippen molar-refractivity contribution in [3.63, 3.8) is 0 Å². The maximum absolute atomic E-state index is 12.6. The summed E-state index contributed by atoms with van der Waals surface area (Å²) >= 11 is 0. The van der Waals surface area contributed by atoms with Crippen molar-refractivity contribution in [3.8, 4) is 0 Å². The largest absolute Gasteiger partial charge is 0.391 e. The van der Waals surface area contributed by atoms with E-state index in [1.54, 1.807) is 12.0 Å². The molecule has 0 aromatic rings. The Morgan fingerprint density at radius 2 is 1.85 bits per heavy atom. The SMILES string of the molecule is COCCN(CCN)C(=O)C1CCC(C(F)(F)F)CC1. The molecule has 118 valence electrons. The monoisotopic (exact) mass is 296 g/mol. The molecule has 1 amide bonds. The van der Waals surface area contributed by atoms with E-state index in [-0.39, 0.29) is 24.7 Å². The van der Waals surface area contributed by atoms with Gasteiger partial charge in [-0.2, -0.15) is 13.2 Å². The van der Waals surface area contributed by atoms with E-state index in [2.05, 4.69) is 0 Å². The molecule has 20 heavy (non-hydrogen) atoms. The minimum absolute atomic E-state index is 0.0423. The van der Waals surface area contributed by atoms with Gasteiger partial charge in [-0.1, -0.05) is 0 Å². The lowest BCUT2D eigenvalue weighted by Gasteiger charge is -2.32. The zero-order valence-corrected chi connectivity index (χ0v) is 11.8. The maximum atomic E-state index is 12.6. The number of hydrogen-bond acceptors (Lipinski definition) is 3. The number of hydrogen-bond donors (Lipinski definition) is 1. The average molecular weight is 296 g/mol. The van der Waals surface area contributed by atoms with Crippen molar-refractivity contribution in [1.82, 2.24) is 4.90 Å². The lowest BCUT2D eigenvalue weighted by atomic mass is 9.81. The molecule has 1 fully saturated rings. The van der Waals surface area contributed by atoms with Crippen molar-refractivity contribution in [3.05, 3.63) is 0 Å². The predicted molar refractivity (Wildman–Crippen MR) is 69.0 cm³/mol. The second-order valence-corrected chi connectivity index (χ2v) is 5.20. The van der Waals surface area contributed by atoms with E-state index in [1.807, 2.05) is 0 Å². The van der Waals surface area contributed by atoms with E-state index in [9.17, 15) is 18.0 Å². The van der Waals surface area contributed by atoms with Gasteiger partial charge >= 0.3 is 6.18 Å². The summed E-state index contributed by atoms with van der Waals surface area (Å²) in [6.45, 7) is 1.60. The van der Waals surface area contributed by atoms with Crippen LogP contribution in [0, 0.1) is 11.8 Å². The van der Waals surface area contributed by atoms with Crippen molar-refractivity contribution >= 4 is 5.91 Å². The Balaban J connectivity index is 2.51. The molecule has 0 aromatic carbocycles. The van der Waals surface area contributed by atoms with Crippen LogP contribution in [0.15, 0.2) is 0 Å². The van der Waals surface area contributed by atoms with Gasteiger partial charge in [-0.25, -0.2) is 0 Å². The summed E-state index contributed by atoms with van der Waals surface area (Å²) in [5, 5.41) is 0. The zero-order chi connectivity index (χ0) is 15.2. The minimum Gasteiger partial charge on any atom is -0.383 e. The minimum atomic E-state index is -4.14. The standard InChI is InChI=1S/C13H23F3N2O2/c1-20-9-8-18(7-6-17)12(19)10-2-4-11(5-3-10)13(14,15)16/h10-11H,2-9,17H2,1H3. The highest BCUT2D eigenvalue weighted by Crippen LogP contribution is 2.39. The van der Waals surface area contributed by atoms with Gasteiger partial charge in [0.1, 0.15) is 0 Å². The molecule has 0 radical (unpaired) electrons. The molecule has 0 unspecified atom stereocenters. The quantitative estimate of drug-likeness (QED) is 0.813. The number of amides is 1. The molecule has 0 saturated heterocycles. The van der Waals surface area contributed by atoms with Crippen LogP contribution in [0.2, 0.25) is 0 Å². The lowest BCUT2D eigenvalue weighted by Crippen LogP contribution is -2.43. The molecule has 0 aliphatic heterocycles. The first-order chi connectivity index (χ1) is 9.40. The summed E-state index contributed by atoms with van der Waals surface area (Å²) in [6, 6.07) is 0. The molecule has 4 nitrogen and oxygen atoms in total. The number of nitrogens with two attached hydrogens (primary N) is 1. The number of carbonyl (C=O) groups is 1. The molecular weight excluding hydrogens is 273 g/mol. The number of alkyl halides is 3. The van der Waals surface area contributed by atoms with Crippen LogP contribution in [-0.2, 0) is 9.53 Å². The Kier molecular flexibility index (Phi) is 6.75. The second kappa shape index (κ2) is 7.83. The van der Waals surface area contributed by atoms with Gasteiger partial charge in [0.05, 0.1) is 12.5 Å². The van der Waals surface area contributed by atoms with Gasteiger partial charge in [-0.15, -0.1) is 0 Å². The van der Waals surface area contributed by atoms with Crippen molar-refractivity contribution in [2.45, 2.75) is 31.9 Å². The maximum Gasteiger partial charge on any atom is 0.391 e.